The van der Waals surface area contributed by atoms with Crippen LogP contribution in [-0.4, -0.2) is 13.2 Å². The second kappa shape index (κ2) is 6.41. The molecule has 2 heteroatoms. The highest BCUT2D eigenvalue weighted by molar-refractivity contribution is 5.58. The van der Waals surface area contributed by atoms with Gasteiger partial charge in [0.25, 0.3) is 0 Å². The molecule has 0 saturated carbocycles. The Morgan fingerprint density at radius 3 is 2.62 bits per heavy atom. The van der Waals surface area contributed by atoms with Crippen LogP contribution in [0.25, 0.3) is 0 Å². The molecular formula is C14H23NO. The Hall–Kier alpha value is -1.18. The minimum Gasteiger partial charge on any atom is -0.495 e. The van der Waals surface area contributed by atoms with Gasteiger partial charge in [0, 0.05) is 6.04 Å². The third-order valence-electron chi connectivity index (χ3n) is 2.84. The van der Waals surface area contributed by atoms with Gasteiger partial charge in [0.05, 0.1) is 12.8 Å². The molecule has 0 spiro atoms. The monoisotopic (exact) mass is 221 g/mol. The first-order chi connectivity index (χ1) is 7.71. The van der Waals surface area contributed by atoms with Crippen molar-refractivity contribution in [3.8, 4) is 5.75 Å². The molecule has 1 atom stereocenters. The Morgan fingerprint density at radius 1 is 1.31 bits per heavy atom. The summed E-state index contributed by atoms with van der Waals surface area (Å²) in [5.74, 6) is 0.931. The van der Waals surface area contributed by atoms with Crippen LogP contribution < -0.4 is 10.1 Å². The second-order valence-corrected chi connectivity index (χ2v) is 4.24. The normalized spacial score (nSPS) is 12.2. The fourth-order valence-electron chi connectivity index (χ4n) is 1.88. The second-order valence-electron chi connectivity index (χ2n) is 4.24. The first-order valence-electron chi connectivity index (χ1n) is 6.12. The first-order valence-corrected chi connectivity index (χ1v) is 6.12. The number of anilines is 1. The quantitative estimate of drug-likeness (QED) is 0.784. The predicted molar refractivity (Wildman–Crippen MR) is 70.3 cm³/mol. The molecule has 0 aromatic heterocycles. The zero-order chi connectivity index (χ0) is 12.0. The number of aryl methyl sites for hydroxylation is 1. The summed E-state index contributed by atoms with van der Waals surface area (Å²) >= 11 is 0. The maximum atomic E-state index is 5.36. The van der Waals surface area contributed by atoms with E-state index in [2.05, 4.69) is 38.2 Å². The van der Waals surface area contributed by atoms with E-state index < -0.39 is 0 Å². The number of nitrogens with one attached hydrogen (secondary N) is 1. The lowest BCUT2D eigenvalue weighted by Crippen LogP contribution is -2.18. The van der Waals surface area contributed by atoms with Crippen LogP contribution in [0.2, 0.25) is 0 Å². The summed E-state index contributed by atoms with van der Waals surface area (Å²) < 4.78 is 5.36. The number of ether oxygens (including phenoxy) is 1. The molecule has 1 N–H and O–H groups in total. The zero-order valence-electron chi connectivity index (χ0n) is 10.8. The van der Waals surface area contributed by atoms with Crippen molar-refractivity contribution in [3.63, 3.8) is 0 Å². The van der Waals surface area contributed by atoms with Crippen molar-refractivity contribution in [2.24, 2.45) is 0 Å². The molecule has 0 heterocycles. The smallest absolute Gasteiger partial charge is 0.141 e. The van der Waals surface area contributed by atoms with E-state index in [4.69, 9.17) is 4.74 Å². The molecule has 2 nitrogen and oxygen atoms in total. The van der Waals surface area contributed by atoms with E-state index in [9.17, 15) is 0 Å². The van der Waals surface area contributed by atoms with Gasteiger partial charge in [-0.3, -0.25) is 0 Å². The standard InChI is InChI=1S/C14H23NO/c1-5-7-12(6-2)15-13-10-11(3)8-9-14(13)16-4/h8-10,12,15H,5-7H2,1-4H3. The van der Waals surface area contributed by atoms with Gasteiger partial charge in [0.2, 0.25) is 0 Å². The van der Waals surface area contributed by atoms with E-state index in [-0.39, 0.29) is 0 Å². The van der Waals surface area contributed by atoms with Crippen LogP contribution in [-0.2, 0) is 0 Å². The summed E-state index contributed by atoms with van der Waals surface area (Å²) in [7, 11) is 1.72. The van der Waals surface area contributed by atoms with Gasteiger partial charge < -0.3 is 10.1 Å². The minimum absolute atomic E-state index is 0.542. The van der Waals surface area contributed by atoms with Crippen LogP contribution in [0, 0.1) is 6.92 Å². The fourth-order valence-corrected chi connectivity index (χ4v) is 1.88. The van der Waals surface area contributed by atoms with Crippen LogP contribution in [0.5, 0.6) is 5.75 Å². The molecule has 0 radical (unpaired) electrons. The van der Waals surface area contributed by atoms with Crippen molar-refractivity contribution in [2.45, 2.75) is 46.1 Å². The molecule has 0 amide bonds. The molecule has 1 rings (SSSR count). The van der Waals surface area contributed by atoms with Crippen LogP contribution in [0.1, 0.15) is 38.7 Å². The molecule has 90 valence electrons. The summed E-state index contributed by atoms with van der Waals surface area (Å²) in [6, 6.07) is 6.79. The van der Waals surface area contributed by atoms with Gasteiger partial charge >= 0.3 is 0 Å². The van der Waals surface area contributed by atoms with E-state index in [0.717, 1.165) is 17.9 Å². The van der Waals surface area contributed by atoms with E-state index in [0.29, 0.717) is 6.04 Å². The van der Waals surface area contributed by atoms with Crippen LogP contribution in [0.15, 0.2) is 18.2 Å². The average Bonchev–Trinajstić information content (AvgIpc) is 2.29. The van der Waals surface area contributed by atoms with E-state index in [1.807, 2.05) is 6.07 Å². The van der Waals surface area contributed by atoms with Crippen molar-refractivity contribution in [2.75, 3.05) is 12.4 Å². The van der Waals surface area contributed by atoms with Crippen molar-refractivity contribution in [3.05, 3.63) is 23.8 Å². The molecule has 0 aliphatic rings. The van der Waals surface area contributed by atoms with Gasteiger partial charge in [0.15, 0.2) is 0 Å². The van der Waals surface area contributed by atoms with Gasteiger partial charge in [-0.2, -0.15) is 0 Å². The van der Waals surface area contributed by atoms with Crippen LogP contribution in [0.4, 0.5) is 5.69 Å². The van der Waals surface area contributed by atoms with Gasteiger partial charge in [-0.05, 0) is 37.5 Å². The lowest BCUT2D eigenvalue weighted by atomic mass is 10.1. The van der Waals surface area contributed by atoms with E-state index >= 15 is 0 Å². The van der Waals surface area contributed by atoms with Crippen molar-refractivity contribution in [1.29, 1.82) is 0 Å². The Morgan fingerprint density at radius 2 is 2.06 bits per heavy atom. The van der Waals surface area contributed by atoms with Crippen molar-refractivity contribution in [1.82, 2.24) is 0 Å². The van der Waals surface area contributed by atoms with Gasteiger partial charge in [0.1, 0.15) is 5.75 Å². The summed E-state index contributed by atoms with van der Waals surface area (Å²) in [6.45, 7) is 6.54. The van der Waals surface area contributed by atoms with E-state index in [1.54, 1.807) is 7.11 Å². The lowest BCUT2D eigenvalue weighted by Gasteiger charge is -2.19. The summed E-state index contributed by atoms with van der Waals surface area (Å²) in [5.41, 5.74) is 2.37. The predicted octanol–water partition coefficient (Wildman–Crippen LogP) is 3.99. The number of benzene rings is 1. The Bertz CT molecular complexity index is 323. The van der Waals surface area contributed by atoms with Crippen LogP contribution >= 0.6 is 0 Å². The third kappa shape index (κ3) is 3.44. The van der Waals surface area contributed by atoms with E-state index in [1.165, 1.54) is 18.4 Å². The van der Waals surface area contributed by atoms with Crippen LogP contribution in [0.3, 0.4) is 0 Å². The highest BCUT2D eigenvalue weighted by Gasteiger charge is 2.08. The maximum absolute atomic E-state index is 5.36. The molecule has 0 aliphatic heterocycles. The molecule has 1 aromatic rings. The van der Waals surface area contributed by atoms with Crippen molar-refractivity contribution >= 4 is 5.69 Å². The van der Waals surface area contributed by atoms with Gasteiger partial charge in [-0.15, -0.1) is 0 Å². The van der Waals surface area contributed by atoms with Gasteiger partial charge in [-0.1, -0.05) is 26.3 Å². The topological polar surface area (TPSA) is 21.3 Å². The molecule has 0 saturated heterocycles. The first kappa shape index (κ1) is 12.9. The molecule has 0 fully saturated rings. The SMILES string of the molecule is CCCC(CC)Nc1cc(C)ccc1OC. The zero-order valence-corrected chi connectivity index (χ0v) is 10.8. The molecular weight excluding hydrogens is 198 g/mol. The summed E-state index contributed by atoms with van der Waals surface area (Å²) in [6.07, 6.45) is 3.55. The maximum Gasteiger partial charge on any atom is 0.141 e. The largest absolute Gasteiger partial charge is 0.495 e. The molecule has 1 unspecified atom stereocenters. The summed E-state index contributed by atoms with van der Waals surface area (Å²) in [5, 5.41) is 3.56. The minimum atomic E-state index is 0.542. The Labute approximate surface area is 99.0 Å². The molecule has 16 heavy (non-hydrogen) atoms. The molecule has 1 aromatic carbocycles. The number of hydrogen-bond donors (Lipinski definition) is 1. The fraction of sp³-hybridized carbons (Fsp3) is 0.571. The molecule has 0 bridgehead atoms. The number of hydrogen-bond acceptors (Lipinski definition) is 2. The van der Waals surface area contributed by atoms with Gasteiger partial charge in [-0.25, -0.2) is 0 Å². The third-order valence-corrected chi connectivity index (χ3v) is 2.84. The molecule has 0 aliphatic carbocycles. The highest BCUT2D eigenvalue weighted by atomic mass is 16.5. The Balaban J connectivity index is 2.80. The Kier molecular flexibility index (Phi) is 5.17. The lowest BCUT2D eigenvalue weighted by molar-refractivity contribution is 0.415. The summed E-state index contributed by atoms with van der Waals surface area (Å²) in [4.78, 5) is 0. The highest BCUT2D eigenvalue weighted by Crippen LogP contribution is 2.26. The average molecular weight is 221 g/mol. The number of rotatable bonds is 6. The number of methoxy groups -OCH3 is 1. The van der Waals surface area contributed by atoms with Crippen molar-refractivity contribution < 1.29 is 4.74 Å².